The molecule has 5 aromatic rings. The monoisotopic (exact) mass is 670 g/mol. The molecule has 3 aromatic carbocycles. The van der Waals surface area contributed by atoms with Gasteiger partial charge in [0.15, 0.2) is 5.54 Å². The Balaban J connectivity index is 1.25. The third kappa shape index (κ3) is 5.18. The van der Waals surface area contributed by atoms with Crippen molar-refractivity contribution in [2.45, 2.75) is 50.1 Å². The zero-order valence-electron chi connectivity index (χ0n) is 28.6. The maximum absolute atomic E-state index is 14.5. The summed E-state index contributed by atoms with van der Waals surface area (Å²) in [5.74, 6) is -0.298. The smallest absolute Gasteiger partial charge is 0.332 e. The largest absolute Gasteiger partial charge is 0.497 e. The number of hydrogen-bond donors (Lipinski definition) is 1. The molecule has 2 aliphatic heterocycles. The third-order valence-electron chi connectivity index (χ3n) is 11.2. The van der Waals surface area contributed by atoms with Gasteiger partial charge in [0.1, 0.15) is 11.4 Å². The lowest BCUT2D eigenvalue weighted by Gasteiger charge is -2.40. The van der Waals surface area contributed by atoms with Gasteiger partial charge in [0.25, 0.3) is 11.8 Å². The van der Waals surface area contributed by atoms with E-state index in [-0.39, 0.29) is 30.1 Å². The topological polar surface area (TPSA) is 96.9 Å². The van der Waals surface area contributed by atoms with E-state index in [4.69, 9.17) is 9.47 Å². The van der Waals surface area contributed by atoms with Crippen molar-refractivity contribution < 1.29 is 23.9 Å². The number of aromatic nitrogens is 2. The van der Waals surface area contributed by atoms with Crippen LogP contribution in [0.1, 0.15) is 62.0 Å². The van der Waals surface area contributed by atoms with E-state index in [1.807, 2.05) is 65.6 Å². The van der Waals surface area contributed by atoms with E-state index in [0.29, 0.717) is 36.5 Å². The second-order valence-electron chi connectivity index (χ2n) is 13.9. The van der Waals surface area contributed by atoms with Crippen molar-refractivity contribution in [3.63, 3.8) is 0 Å². The van der Waals surface area contributed by atoms with Crippen LogP contribution in [0, 0.1) is 5.92 Å². The number of likely N-dealkylation sites (tertiary alicyclic amines) is 2. The minimum atomic E-state index is -1.33. The van der Waals surface area contributed by atoms with E-state index < -0.39 is 11.5 Å². The number of fused-ring (bicyclic) bond motifs is 4. The SMILES string of the molecule is COC(=O)[C@@]1(Cc2ccc(OC)cc2)[C@H]2c3cc(C(=O)N4CCCC4)n(CCc4c[nH]c5ccccc45)c3C[C@H]2CN1C(=O)c1ccccc1. The summed E-state index contributed by atoms with van der Waals surface area (Å²) in [5, 5.41) is 1.18. The van der Waals surface area contributed by atoms with Gasteiger partial charge in [-0.3, -0.25) is 9.59 Å². The van der Waals surface area contributed by atoms with Crippen molar-refractivity contribution >= 4 is 28.7 Å². The number of methoxy groups -OCH3 is 2. The Morgan fingerprint density at radius 2 is 1.64 bits per heavy atom. The second-order valence-corrected chi connectivity index (χ2v) is 13.9. The Morgan fingerprint density at radius 3 is 2.38 bits per heavy atom. The lowest BCUT2D eigenvalue weighted by atomic mass is 9.75. The molecule has 4 heterocycles. The quantitative estimate of drug-likeness (QED) is 0.194. The van der Waals surface area contributed by atoms with E-state index in [9.17, 15) is 14.4 Å². The van der Waals surface area contributed by atoms with E-state index in [1.165, 1.54) is 18.1 Å². The van der Waals surface area contributed by atoms with Crippen LogP contribution in [0.4, 0.5) is 0 Å². The highest BCUT2D eigenvalue weighted by atomic mass is 16.5. The summed E-state index contributed by atoms with van der Waals surface area (Å²) >= 11 is 0. The summed E-state index contributed by atoms with van der Waals surface area (Å²) < 4.78 is 13.3. The lowest BCUT2D eigenvalue weighted by Crippen LogP contribution is -2.58. The third-order valence-corrected chi connectivity index (χ3v) is 11.2. The zero-order chi connectivity index (χ0) is 34.4. The number of aromatic amines is 1. The Labute approximate surface area is 291 Å². The minimum Gasteiger partial charge on any atom is -0.497 e. The van der Waals surface area contributed by atoms with Gasteiger partial charge in [-0.1, -0.05) is 48.5 Å². The number of benzene rings is 3. The van der Waals surface area contributed by atoms with Crippen molar-refractivity contribution in [2.24, 2.45) is 5.92 Å². The predicted molar refractivity (Wildman–Crippen MR) is 190 cm³/mol. The summed E-state index contributed by atoms with van der Waals surface area (Å²) in [6.07, 6.45) is 5.72. The first-order valence-corrected chi connectivity index (χ1v) is 17.6. The molecule has 0 spiro atoms. The van der Waals surface area contributed by atoms with Crippen LogP contribution in [0.15, 0.2) is 91.1 Å². The van der Waals surface area contributed by atoms with Crippen molar-refractivity contribution in [3.8, 4) is 5.75 Å². The number of H-pyrrole nitrogens is 1. The van der Waals surface area contributed by atoms with Crippen LogP contribution in [0.2, 0.25) is 0 Å². The average Bonchev–Trinajstić information content (AvgIpc) is 3.99. The minimum absolute atomic E-state index is 0.0275. The Kier molecular flexibility index (Phi) is 8.21. The number of nitrogens with zero attached hydrogens (tertiary/aromatic N) is 3. The normalized spacial score (nSPS) is 21.0. The molecular weight excluding hydrogens is 628 g/mol. The number of esters is 1. The summed E-state index contributed by atoms with van der Waals surface area (Å²) in [6, 6.07) is 27.1. The van der Waals surface area contributed by atoms with Crippen molar-refractivity contribution in [3.05, 3.63) is 125 Å². The molecule has 2 fully saturated rings. The number of hydrogen-bond acceptors (Lipinski definition) is 5. The van der Waals surface area contributed by atoms with Gasteiger partial charge in [-0.05, 0) is 84.7 Å². The van der Waals surface area contributed by atoms with Crippen LogP contribution in [0.25, 0.3) is 10.9 Å². The lowest BCUT2D eigenvalue weighted by molar-refractivity contribution is -0.153. The second kappa shape index (κ2) is 12.9. The molecule has 256 valence electrons. The number of carbonyl (C=O) groups is 3. The number of ether oxygens (including phenoxy) is 2. The van der Waals surface area contributed by atoms with Gasteiger partial charge in [-0.25, -0.2) is 4.79 Å². The first-order chi connectivity index (χ1) is 24.4. The highest BCUT2D eigenvalue weighted by Gasteiger charge is 2.64. The molecule has 2 saturated heterocycles. The maximum Gasteiger partial charge on any atom is 0.332 e. The first kappa shape index (κ1) is 31.9. The summed E-state index contributed by atoms with van der Waals surface area (Å²) in [4.78, 5) is 50.3. The first-order valence-electron chi connectivity index (χ1n) is 17.6. The molecule has 2 aromatic heterocycles. The fourth-order valence-corrected chi connectivity index (χ4v) is 8.94. The van der Waals surface area contributed by atoms with Crippen LogP contribution in [-0.4, -0.2) is 76.5 Å². The van der Waals surface area contributed by atoms with Crippen LogP contribution in [-0.2, 0) is 35.3 Å². The summed E-state index contributed by atoms with van der Waals surface area (Å²) in [7, 11) is 3.03. The molecule has 3 aliphatic rings. The number of rotatable bonds is 9. The molecule has 0 bridgehead atoms. The molecule has 8 rings (SSSR count). The van der Waals surface area contributed by atoms with Crippen LogP contribution < -0.4 is 4.74 Å². The standard InChI is InChI=1S/C41H42N4O5/c1-49-31-16-14-27(15-17-31)24-41(40(48)50-2)37-30(26-45(41)38(46)28-10-4-3-5-11-28)22-35-33(37)23-36(39(47)43-19-8-9-20-43)44(35)21-18-29-25-42-34-13-7-6-12-32(29)34/h3-7,10-17,23,25,30,37,42H,8-9,18-22,24,26H2,1-2H3/t30-,37+,41+/m0/s1. The molecule has 9 heteroatoms. The van der Waals surface area contributed by atoms with Gasteiger partial charge in [-0.2, -0.15) is 0 Å². The highest BCUT2D eigenvalue weighted by molar-refractivity contribution is 6.00. The van der Waals surface area contributed by atoms with Crippen LogP contribution >= 0.6 is 0 Å². The molecule has 0 unspecified atom stereocenters. The highest BCUT2D eigenvalue weighted by Crippen LogP contribution is 2.55. The Hall–Kier alpha value is -5.31. The molecule has 1 aliphatic carbocycles. The van der Waals surface area contributed by atoms with Gasteiger partial charge >= 0.3 is 5.97 Å². The Bertz CT molecular complexity index is 2060. The summed E-state index contributed by atoms with van der Waals surface area (Å²) in [5.41, 5.74) is 5.09. The van der Waals surface area contributed by atoms with E-state index in [0.717, 1.165) is 54.7 Å². The van der Waals surface area contributed by atoms with Gasteiger partial charge in [0, 0.05) is 66.9 Å². The molecule has 3 atom stereocenters. The molecule has 2 amide bonds. The van der Waals surface area contributed by atoms with E-state index >= 15 is 0 Å². The molecule has 50 heavy (non-hydrogen) atoms. The number of nitrogens with one attached hydrogen (secondary N) is 1. The molecule has 0 saturated carbocycles. The molecular formula is C41H42N4O5. The van der Waals surface area contributed by atoms with Crippen molar-refractivity contribution in [1.82, 2.24) is 19.4 Å². The van der Waals surface area contributed by atoms with Gasteiger partial charge in [0.05, 0.1) is 14.2 Å². The van der Waals surface area contributed by atoms with E-state index in [2.05, 4.69) is 27.9 Å². The predicted octanol–water partition coefficient (Wildman–Crippen LogP) is 6.02. The molecule has 9 nitrogen and oxygen atoms in total. The number of aryl methyl sites for hydroxylation is 1. The number of carbonyl (C=O) groups excluding carboxylic acids is 3. The fraction of sp³-hybridized carbons (Fsp3) is 0.341. The van der Waals surface area contributed by atoms with Gasteiger partial charge in [0.2, 0.25) is 0 Å². The van der Waals surface area contributed by atoms with E-state index in [1.54, 1.807) is 24.1 Å². The van der Waals surface area contributed by atoms with Crippen LogP contribution in [0.5, 0.6) is 5.75 Å². The Morgan fingerprint density at radius 1 is 0.900 bits per heavy atom. The molecule has 1 N–H and O–H groups in total. The maximum atomic E-state index is 14.5. The van der Waals surface area contributed by atoms with Gasteiger partial charge in [-0.15, -0.1) is 0 Å². The molecule has 0 radical (unpaired) electrons. The zero-order valence-corrected chi connectivity index (χ0v) is 28.6. The van der Waals surface area contributed by atoms with Crippen molar-refractivity contribution in [1.29, 1.82) is 0 Å². The number of amides is 2. The fourth-order valence-electron chi connectivity index (χ4n) is 8.94. The summed E-state index contributed by atoms with van der Waals surface area (Å²) in [6.45, 7) is 2.51. The van der Waals surface area contributed by atoms with Gasteiger partial charge < -0.3 is 28.8 Å². The number of para-hydroxylation sites is 1. The van der Waals surface area contributed by atoms with Crippen LogP contribution in [0.3, 0.4) is 0 Å². The average molecular weight is 671 g/mol. The van der Waals surface area contributed by atoms with Crippen molar-refractivity contribution in [2.75, 3.05) is 33.9 Å².